The monoisotopic (exact) mass is 718 g/mol. The zero-order chi connectivity index (χ0) is 30.7. The molecule has 3 aromatic rings. The summed E-state index contributed by atoms with van der Waals surface area (Å²) >= 11 is 6.86. The molecule has 2 aromatic carbocycles. The number of rotatable bonds is 13. The van der Waals surface area contributed by atoms with E-state index in [2.05, 4.69) is 43.7 Å². The van der Waals surface area contributed by atoms with Crippen LogP contribution in [0.1, 0.15) is 44.6 Å². The summed E-state index contributed by atoms with van der Waals surface area (Å²) in [4.78, 5) is 14.1. The summed E-state index contributed by atoms with van der Waals surface area (Å²) in [6.07, 6.45) is 9.19. The van der Waals surface area contributed by atoms with Gasteiger partial charge in [0, 0.05) is 50.5 Å². The summed E-state index contributed by atoms with van der Waals surface area (Å²) in [5, 5.41) is 1.84. The molecule has 1 heterocycles. The zero-order valence-electron chi connectivity index (χ0n) is 24.2. The molecule has 0 bridgehead atoms. The highest BCUT2D eigenvalue weighted by Gasteiger charge is 2.18. The van der Waals surface area contributed by atoms with Crippen molar-refractivity contribution in [3.8, 4) is 34.1 Å². The van der Waals surface area contributed by atoms with E-state index in [1.807, 2.05) is 55.0 Å². The van der Waals surface area contributed by atoms with E-state index in [-0.39, 0.29) is 26.2 Å². The quantitative estimate of drug-likeness (QED) is 0.103. The second kappa shape index (κ2) is 16.3. The minimum atomic E-state index is -3.68. The summed E-state index contributed by atoms with van der Waals surface area (Å²) in [6, 6.07) is 14.1. The van der Waals surface area contributed by atoms with Gasteiger partial charge in [0.15, 0.2) is 15.3 Å². The lowest BCUT2D eigenvalue weighted by Gasteiger charge is -2.20. The fourth-order valence-electron chi connectivity index (χ4n) is 4.37. The largest absolute Gasteiger partial charge is 0.319 e. The number of hydrogen-bond acceptors (Lipinski definition) is 4. The van der Waals surface area contributed by atoms with E-state index in [0.29, 0.717) is 36.0 Å². The van der Waals surface area contributed by atoms with Gasteiger partial charge < -0.3 is 5.01 Å². The Morgan fingerprint density at radius 3 is 2.45 bits per heavy atom. The summed E-state index contributed by atoms with van der Waals surface area (Å²) < 4.78 is 42.1. The summed E-state index contributed by atoms with van der Waals surface area (Å²) in [6.45, 7) is 2.01. The van der Waals surface area contributed by atoms with Crippen molar-refractivity contribution in [1.82, 2.24) is 4.68 Å². The van der Waals surface area contributed by atoms with Crippen molar-refractivity contribution >= 4 is 41.7 Å². The molecule has 0 aliphatic heterocycles. The number of benzene rings is 2. The summed E-state index contributed by atoms with van der Waals surface area (Å²) in [5.41, 5.74) is 2.89. The van der Waals surface area contributed by atoms with E-state index >= 15 is 0 Å². The van der Waals surface area contributed by atoms with Crippen LogP contribution in [-0.2, 0) is 16.3 Å². The van der Waals surface area contributed by atoms with E-state index in [0.717, 1.165) is 24.0 Å². The van der Waals surface area contributed by atoms with Gasteiger partial charge in [-0.1, -0.05) is 106 Å². The van der Waals surface area contributed by atoms with Crippen molar-refractivity contribution in [3.05, 3.63) is 88.9 Å². The Labute approximate surface area is 266 Å². The van der Waals surface area contributed by atoms with Crippen LogP contribution in [0.2, 0.25) is 0 Å². The highest BCUT2D eigenvalue weighted by Crippen LogP contribution is 2.26. The number of aromatic nitrogens is 1. The van der Waals surface area contributed by atoms with Crippen LogP contribution in [0.3, 0.4) is 0 Å². The first kappa shape index (κ1) is 33.8. The SMILES string of the molecule is CCCCC(F)C/C=C/CS(=O)(=O)c1cccc(-c2cn(N(C)C)cc(-c3ccccc3CC#CCC(Br)Br)c2=O)c1. The molecular weight excluding hydrogens is 683 g/mol. The van der Waals surface area contributed by atoms with Crippen molar-refractivity contribution in [1.29, 1.82) is 0 Å². The first-order valence-corrected chi connectivity index (χ1v) is 17.4. The van der Waals surface area contributed by atoms with Gasteiger partial charge in [-0.3, -0.25) is 9.47 Å². The lowest BCUT2D eigenvalue weighted by Crippen LogP contribution is -2.27. The van der Waals surface area contributed by atoms with Crippen molar-refractivity contribution in [2.75, 3.05) is 24.9 Å². The van der Waals surface area contributed by atoms with E-state index in [9.17, 15) is 17.6 Å². The average molecular weight is 721 g/mol. The third kappa shape index (κ3) is 9.68. The molecule has 224 valence electrons. The van der Waals surface area contributed by atoms with Crippen LogP contribution in [0, 0.1) is 11.8 Å². The van der Waals surface area contributed by atoms with Crippen LogP contribution in [0.25, 0.3) is 22.3 Å². The zero-order valence-corrected chi connectivity index (χ0v) is 28.2. The van der Waals surface area contributed by atoms with E-state index in [1.165, 1.54) is 18.2 Å². The lowest BCUT2D eigenvalue weighted by atomic mass is 9.96. The van der Waals surface area contributed by atoms with Crippen molar-refractivity contribution in [2.24, 2.45) is 0 Å². The standard InChI is InChI=1S/C33H37Br2FN2O3S/c1-4-5-16-27(36)17-10-11-21-42(40,41)28-18-12-15-26(22-28)30-23-38(37(2)3)24-31(33(30)39)29-19-8-6-13-25(29)14-7-9-20-32(34)35/h6,8,10-13,15,18-19,22-24,27,32H,4-5,14,16-17,20-21H2,1-3H3/b11-10+. The van der Waals surface area contributed by atoms with Gasteiger partial charge in [-0.05, 0) is 41.7 Å². The second-order valence-electron chi connectivity index (χ2n) is 10.2. The van der Waals surface area contributed by atoms with Crippen LogP contribution in [0.15, 0.2) is 82.8 Å². The molecule has 1 atom stereocenters. The first-order valence-electron chi connectivity index (χ1n) is 13.9. The minimum absolute atomic E-state index is 0.112. The normalized spacial score (nSPS) is 12.4. The smallest absolute Gasteiger partial charge is 0.197 e. The van der Waals surface area contributed by atoms with Gasteiger partial charge in [-0.15, -0.1) is 5.92 Å². The number of pyridine rings is 1. The summed E-state index contributed by atoms with van der Waals surface area (Å²) in [5.74, 6) is 6.08. The molecule has 0 aliphatic rings. The predicted octanol–water partition coefficient (Wildman–Crippen LogP) is 7.68. The molecule has 42 heavy (non-hydrogen) atoms. The topological polar surface area (TPSA) is 59.4 Å². The number of alkyl halides is 3. The molecule has 3 rings (SSSR count). The van der Waals surface area contributed by atoms with Crippen LogP contribution in [-0.4, -0.2) is 42.9 Å². The Kier molecular flexibility index (Phi) is 13.1. The Hall–Kier alpha value is -2.67. The van der Waals surface area contributed by atoms with E-state index in [4.69, 9.17) is 0 Å². The predicted molar refractivity (Wildman–Crippen MR) is 180 cm³/mol. The third-order valence-corrected chi connectivity index (χ3v) is 8.94. The molecule has 0 spiro atoms. The van der Waals surface area contributed by atoms with Crippen LogP contribution >= 0.6 is 31.9 Å². The molecule has 0 saturated carbocycles. The van der Waals surface area contributed by atoms with E-state index < -0.39 is 16.0 Å². The lowest BCUT2D eigenvalue weighted by molar-refractivity contribution is 0.310. The maximum absolute atomic E-state index is 14.0. The Balaban J connectivity index is 1.98. The van der Waals surface area contributed by atoms with Crippen LogP contribution < -0.4 is 10.4 Å². The van der Waals surface area contributed by atoms with Crippen LogP contribution in [0.5, 0.6) is 0 Å². The number of allylic oxidation sites excluding steroid dienone is 1. The van der Waals surface area contributed by atoms with Gasteiger partial charge in [-0.25, -0.2) is 12.8 Å². The fraction of sp³-hybridized carbons (Fsp3) is 0.364. The van der Waals surface area contributed by atoms with E-state index in [1.54, 1.807) is 30.6 Å². The number of hydrogen-bond donors (Lipinski definition) is 0. The minimum Gasteiger partial charge on any atom is -0.319 e. The molecule has 0 saturated heterocycles. The molecule has 1 aromatic heterocycles. The molecule has 9 heteroatoms. The average Bonchev–Trinajstić information content (AvgIpc) is 2.96. The van der Waals surface area contributed by atoms with Crippen molar-refractivity contribution in [2.45, 2.75) is 60.3 Å². The molecular formula is C33H37Br2FN2O3S. The number of sulfone groups is 1. The number of unbranched alkanes of at least 4 members (excludes halogenated alkanes) is 1. The van der Waals surface area contributed by atoms with Crippen LogP contribution in [0.4, 0.5) is 4.39 Å². The molecule has 0 fully saturated rings. The molecule has 0 aliphatic carbocycles. The van der Waals surface area contributed by atoms with Gasteiger partial charge in [0.05, 0.1) is 14.4 Å². The molecule has 5 nitrogen and oxygen atoms in total. The maximum atomic E-state index is 14.0. The molecule has 0 radical (unpaired) electrons. The molecule has 0 N–H and O–H groups in total. The first-order chi connectivity index (χ1) is 20.0. The maximum Gasteiger partial charge on any atom is 0.197 e. The number of nitrogens with zero attached hydrogens (tertiary/aromatic N) is 2. The van der Waals surface area contributed by atoms with Gasteiger partial charge in [0.25, 0.3) is 0 Å². The third-order valence-electron chi connectivity index (χ3n) is 6.69. The highest BCUT2D eigenvalue weighted by molar-refractivity contribution is 9.24. The Bertz CT molecular complexity index is 1610. The highest BCUT2D eigenvalue weighted by atomic mass is 79.9. The van der Waals surface area contributed by atoms with Crippen molar-refractivity contribution in [3.63, 3.8) is 0 Å². The van der Waals surface area contributed by atoms with Gasteiger partial charge >= 0.3 is 0 Å². The Morgan fingerprint density at radius 2 is 1.74 bits per heavy atom. The fourth-order valence-corrected chi connectivity index (χ4v) is 5.87. The van der Waals surface area contributed by atoms with Gasteiger partial charge in [0.2, 0.25) is 0 Å². The van der Waals surface area contributed by atoms with Gasteiger partial charge in [0.1, 0.15) is 6.17 Å². The van der Waals surface area contributed by atoms with Crippen molar-refractivity contribution < 1.29 is 12.8 Å². The Morgan fingerprint density at radius 1 is 1.00 bits per heavy atom. The van der Waals surface area contributed by atoms with Gasteiger partial charge in [-0.2, -0.15) is 0 Å². The summed E-state index contributed by atoms with van der Waals surface area (Å²) in [7, 11) is 0.0464. The second-order valence-corrected chi connectivity index (χ2v) is 15.7. The molecule has 1 unspecified atom stereocenters. The number of halogens is 3. The molecule has 0 amide bonds.